The van der Waals surface area contributed by atoms with E-state index in [-0.39, 0.29) is 18.2 Å². The molecule has 0 aromatic heterocycles. The zero-order valence-electron chi connectivity index (χ0n) is 13.1. The lowest BCUT2D eigenvalue weighted by atomic mass is 9.98. The number of rotatable bonds is 2. The van der Waals surface area contributed by atoms with Crippen LogP contribution < -0.4 is 0 Å². The highest BCUT2D eigenvalue weighted by molar-refractivity contribution is 5.34. The summed E-state index contributed by atoms with van der Waals surface area (Å²) in [7, 11) is 0. The first-order valence-electron chi connectivity index (χ1n) is 7.70. The Labute approximate surface area is 140 Å². The lowest BCUT2D eigenvalue weighted by Gasteiger charge is -2.29. The summed E-state index contributed by atoms with van der Waals surface area (Å²) in [5.74, 6) is 0. The molecule has 0 amide bonds. The molecule has 7 heteroatoms. The van der Waals surface area contributed by atoms with Crippen LogP contribution in [0.2, 0.25) is 0 Å². The predicted octanol–water partition coefficient (Wildman–Crippen LogP) is 5.28. The van der Waals surface area contributed by atoms with Crippen LogP contribution in [0.3, 0.4) is 0 Å². The number of hydrogen-bond acceptors (Lipinski definition) is 1. The number of nitrogens with zero attached hydrogens (tertiary/aromatic N) is 1. The SMILES string of the molecule is FC(F)(F)c1cc(CN2CCc3ccccc3C2)cc(C(F)(F)F)c1. The summed E-state index contributed by atoms with van der Waals surface area (Å²) < 4.78 is 77.6. The van der Waals surface area contributed by atoms with Crippen LogP contribution in [0, 0.1) is 0 Å². The molecular formula is C18H15F6N. The van der Waals surface area contributed by atoms with Gasteiger partial charge in [0, 0.05) is 19.6 Å². The third kappa shape index (κ3) is 4.15. The van der Waals surface area contributed by atoms with E-state index in [1.54, 1.807) is 0 Å². The van der Waals surface area contributed by atoms with Crippen LogP contribution in [0.15, 0.2) is 42.5 Å². The second-order valence-corrected chi connectivity index (χ2v) is 6.14. The Hall–Kier alpha value is -2.02. The summed E-state index contributed by atoms with van der Waals surface area (Å²) in [4.78, 5) is 1.86. The van der Waals surface area contributed by atoms with E-state index in [1.807, 2.05) is 29.2 Å². The van der Waals surface area contributed by atoms with E-state index in [0.717, 1.165) is 24.1 Å². The van der Waals surface area contributed by atoms with Crippen LogP contribution in [-0.4, -0.2) is 11.4 Å². The fourth-order valence-electron chi connectivity index (χ4n) is 3.06. The Bertz CT molecular complexity index is 731. The summed E-state index contributed by atoms with van der Waals surface area (Å²) >= 11 is 0. The van der Waals surface area contributed by atoms with Crippen LogP contribution in [0.1, 0.15) is 27.8 Å². The van der Waals surface area contributed by atoms with Gasteiger partial charge in [-0.2, -0.15) is 26.3 Å². The number of benzene rings is 2. The highest BCUT2D eigenvalue weighted by Crippen LogP contribution is 2.36. The maximum atomic E-state index is 12.9. The van der Waals surface area contributed by atoms with Gasteiger partial charge in [-0.1, -0.05) is 24.3 Å². The fraction of sp³-hybridized carbons (Fsp3) is 0.333. The van der Waals surface area contributed by atoms with Gasteiger partial charge in [0.15, 0.2) is 0 Å². The van der Waals surface area contributed by atoms with Crippen molar-refractivity contribution in [2.45, 2.75) is 31.9 Å². The van der Waals surface area contributed by atoms with Gasteiger partial charge < -0.3 is 0 Å². The predicted molar refractivity (Wildman–Crippen MR) is 80.7 cm³/mol. The molecule has 0 spiro atoms. The highest BCUT2D eigenvalue weighted by Gasteiger charge is 2.37. The minimum Gasteiger partial charge on any atom is -0.294 e. The molecule has 25 heavy (non-hydrogen) atoms. The maximum Gasteiger partial charge on any atom is 0.416 e. The average molecular weight is 359 g/mol. The molecule has 0 saturated carbocycles. The molecule has 0 N–H and O–H groups in total. The van der Waals surface area contributed by atoms with Crippen LogP contribution in [-0.2, 0) is 31.9 Å². The Morgan fingerprint density at radius 1 is 0.800 bits per heavy atom. The minimum atomic E-state index is -4.81. The second-order valence-electron chi connectivity index (χ2n) is 6.14. The molecule has 0 atom stereocenters. The number of fused-ring (bicyclic) bond motifs is 1. The zero-order valence-corrected chi connectivity index (χ0v) is 13.1. The Kier molecular flexibility index (Phi) is 4.53. The molecule has 134 valence electrons. The highest BCUT2D eigenvalue weighted by atomic mass is 19.4. The second kappa shape index (κ2) is 6.37. The normalized spacial score (nSPS) is 15.9. The van der Waals surface area contributed by atoms with E-state index in [9.17, 15) is 26.3 Å². The van der Waals surface area contributed by atoms with E-state index in [4.69, 9.17) is 0 Å². The minimum absolute atomic E-state index is 0.0153. The van der Waals surface area contributed by atoms with Crippen LogP contribution >= 0.6 is 0 Å². The van der Waals surface area contributed by atoms with Crippen molar-refractivity contribution in [3.05, 3.63) is 70.3 Å². The lowest BCUT2D eigenvalue weighted by Crippen LogP contribution is -2.30. The molecule has 1 aliphatic heterocycles. The fourth-order valence-corrected chi connectivity index (χ4v) is 3.06. The molecule has 2 aromatic rings. The van der Waals surface area contributed by atoms with Gasteiger partial charge >= 0.3 is 12.4 Å². The quantitative estimate of drug-likeness (QED) is 0.659. The van der Waals surface area contributed by atoms with Crippen molar-refractivity contribution < 1.29 is 26.3 Å². The number of hydrogen-bond donors (Lipinski definition) is 0. The molecule has 1 aliphatic rings. The van der Waals surface area contributed by atoms with E-state index in [0.29, 0.717) is 13.1 Å². The topological polar surface area (TPSA) is 3.24 Å². The Balaban J connectivity index is 1.87. The smallest absolute Gasteiger partial charge is 0.294 e. The summed E-state index contributed by atoms with van der Waals surface area (Å²) in [6, 6.07) is 9.46. The molecule has 0 saturated heterocycles. The van der Waals surface area contributed by atoms with Gasteiger partial charge in [0.1, 0.15) is 0 Å². The third-order valence-electron chi connectivity index (χ3n) is 4.26. The van der Waals surface area contributed by atoms with Crippen LogP contribution in [0.25, 0.3) is 0 Å². The first-order valence-corrected chi connectivity index (χ1v) is 7.70. The van der Waals surface area contributed by atoms with Gasteiger partial charge in [0.25, 0.3) is 0 Å². The van der Waals surface area contributed by atoms with Gasteiger partial charge in [-0.15, -0.1) is 0 Å². The van der Waals surface area contributed by atoms with Gasteiger partial charge in [0.2, 0.25) is 0 Å². The number of halogens is 6. The first-order chi connectivity index (χ1) is 11.6. The molecule has 0 aliphatic carbocycles. The van der Waals surface area contributed by atoms with Crippen molar-refractivity contribution in [2.75, 3.05) is 6.54 Å². The van der Waals surface area contributed by atoms with Gasteiger partial charge in [-0.3, -0.25) is 4.90 Å². The summed E-state index contributed by atoms with van der Waals surface area (Å²) in [5.41, 5.74) is -0.304. The van der Waals surface area contributed by atoms with Crippen molar-refractivity contribution in [3.8, 4) is 0 Å². The lowest BCUT2D eigenvalue weighted by molar-refractivity contribution is -0.143. The van der Waals surface area contributed by atoms with Gasteiger partial charge in [-0.05, 0) is 41.3 Å². The van der Waals surface area contributed by atoms with Gasteiger partial charge in [0.05, 0.1) is 11.1 Å². The Morgan fingerprint density at radius 3 is 1.92 bits per heavy atom. The molecule has 0 unspecified atom stereocenters. The van der Waals surface area contributed by atoms with E-state index in [2.05, 4.69) is 0 Å². The van der Waals surface area contributed by atoms with Crippen LogP contribution in [0.4, 0.5) is 26.3 Å². The van der Waals surface area contributed by atoms with Crippen molar-refractivity contribution in [3.63, 3.8) is 0 Å². The largest absolute Gasteiger partial charge is 0.416 e. The van der Waals surface area contributed by atoms with Crippen molar-refractivity contribution in [2.24, 2.45) is 0 Å². The van der Waals surface area contributed by atoms with Crippen molar-refractivity contribution >= 4 is 0 Å². The van der Waals surface area contributed by atoms with Crippen molar-refractivity contribution in [1.29, 1.82) is 0 Å². The van der Waals surface area contributed by atoms with Crippen LogP contribution in [0.5, 0.6) is 0 Å². The molecule has 0 radical (unpaired) electrons. The average Bonchev–Trinajstić information content (AvgIpc) is 2.53. The third-order valence-corrected chi connectivity index (χ3v) is 4.26. The Morgan fingerprint density at radius 2 is 1.36 bits per heavy atom. The molecule has 1 nitrogen and oxygen atoms in total. The molecule has 1 heterocycles. The molecular weight excluding hydrogens is 344 g/mol. The van der Waals surface area contributed by atoms with E-state index in [1.165, 1.54) is 5.56 Å². The van der Waals surface area contributed by atoms with E-state index < -0.39 is 23.5 Å². The molecule has 0 fully saturated rings. The number of alkyl halides is 6. The standard InChI is InChI=1S/C18H15F6N/c19-17(20,21)15-7-12(8-16(9-15)18(22,23)24)10-25-6-5-13-3-1-2-4-14(13)11-25/h1-4,7-9H,5-6,10-11H2. The monoisotopic (exact) mass is 359 g/mol. The summed E-state index contributed by atoms with van der Waals surface area (Å²) in [5, 5.41) is 0. The van der Waals surface area contributed by atoms with E-state index >= 15 is 0 Å². The molecule has 3 rings (SSSR count). The maximum absolute atomic E-state index is 12.9. The summed E-state index contributed by atoms with van der Waals surface area (Å²) in [6.45, 7) is 1.14. The van der Waals surface area contributed by atoms with Gasteiger partial charge in [-0.25, -0.2) is 0 Å². The van der Waals surface area contributed by atoms with Crippen molar-refractivity contribution in [1.82, 2.24) is 4.90 Å². The zero-order chi connectivity index (χ0) is 18.2. The summed E-state index contributed by atoms with van der Waals surface area (Å²) in [6.07, 6.45) is -8.91. The first kappa shape index (κ1) is 17.8. The molecule has 2 aromatic carbocycles. The molecule has 0 bridgehead atoms.